The third kappa shape index (κ3) is 6.82. The summed E-state index contributed by atoms with van der Waals surface area (Å²) in [5.41, 5.74) is 2.73. The van der Waals surface area contributed by atoms with Gasteiger partial charge in [-0.1, -0.05) is 11.6 Å². The zero-order valence-corrected chi connectivity index (χ0v) is 23.7. The summed E-state index contributed by atoms with van der Waals surface area (Å²) in [7, 11) is 1.47. The number of carbonyl (C=O) groups excluding carboxylic acids is 2. The second kappa shape index (κ2) is 12.6. The standard InChI is InChI=1S/C30H31ClFN5O4/c1-3-41-28(38)10-18-4-6-23(7-5-18)34-30(39)26-14-21(31)11-20-16-33-37(29(20)26)17-24-8-9-27(36-35-24)19-12-22(32)15-25(13-19)40-2/h8-9,11-16,18,23H,3-7,10,17H2,1-2H3,(H,34,39). The zero-order chi connectivity index (χ0) is 28.9. The van der Waals surface area contributed by atoms with Crippen LogP contribution in [0.3, 0.4) is 0 Å². The van der Waals surface area contributed by atoms with E-state index in [0.29, 0.717) is 51.8 Å². The van der Waals surface area contributed by atoms with Gasteiger partial charge < -0.3 is 14.8 Å². The number of fused-ring (bicyclic) bond motifs is 1. The molecule has 2 aromatic heterocycles. The van der Waals surface area contributed by atoms with Crippen LogP contribution < -0.4 is 10.1 Å². The van der Waals surface area contributed by atoms with Crippen molar-refractivity contribution in [3.8, 4) is 17.0 Å². The number of methoxy groups -OCH3 is 1. The Balaban J connectivity index is 1.30. The van der Waals surface area contributed by atoms with Gasteiger partial charge in [-0.3, -0.25) is 14.3 Å². The molecule has 1 aliphatic carbocycles. The number of benzene rings is 2. The van der Waals surface area contributed by atoms with E-state index in [0.717, 1.165) is 31.1 Å². The largest absolute Gasteiger partial charge is 0.497 e. The molecule has 5 rings (SSSR count). The fourth-order valence-electron chi connectivity index (χ4n) is 5.30. The number of halogens is 2. The molecule has 0 spiro atoms. The maximum atomic E-state index is 13.9. The number of nitrogens with one attached hydrogen (secondary N) is 1. The minimum atomic E-state index is -0.428. The van der Waals surface area contributed by atoms with Crippen LogP contribution in [0, 0.1) is 11.7 Å². The Labute approximate surface area is 242 Å². The van der Waals surface area contributed by atoms with E-state index >= 15 is 0 Å². The van der Waals surface area contributed by atoms with Crippen LogP contribution in [-0.2, 0) is 16.1 Å². The van der Waals surface area contributed by atoms with Gasteiger partial charge in [0.15, 0.2) is 0 Å². The Bertz CT molecular complexity index is 1550. The van der Waals surface area contributed by atoms with Gasteiger partial charge >= 0.3 is 5.97 Å². The van der Waals surface area contributed by atoms with Crippen molar-refractivity contribution in [1.29, 1.82) is 0 Å². The molecule has 2 heterocycles. The molecule has 0 bridgehead atoms. The number of nitrogens with zero attached hydrogens (tertiary/aromatic N) is 4. The smallest absolute Gasteiger partial charge is 0.306 e. The number of aromatic nitrogens is 4. The molecule has 0 saturated heterocycles. The first-order valence-electron chi connectivity index (χ1n) is 13.6. The predicted molar refractivity (Wildman–Crippen MR) is 152 cm³/mol. The highest BCUT2D eigenvalue weighted by Gasteiger charge is 2.26. The number of rotatable bonds is 9. The molecule has 9 nitrogen and oxygen atoms in total. The van der Waals surface area contributed by atoms with E-state index in [-0.39, 0.29) is 30.4 Å². The first-order valence-corrected chi connectivity index (χ1v) is 14.0. The summed E-state index contributed by atoms with van der Waals surface area (Å²) in [4.78, 5) is 25.3. The molecule has 4 aromatic rings. The first-order chi connectivity index (χ1) is 19.8. The van der Waals surface area contributed by atoms with Crippen LogP contribution in [0.4, 0.5) is 4.39 Å². The maximum Gasteiger partial charge on any atom is 0.306 e. The molecule has 0 aliphatic heterocycles. The van der Waals surface area contributed by atoms with Crippen molar-refractivity contribution in [2.75, 3.05) is 13.7 Å². The number of ether oxygens (including phenoxy) is 2. The van der Waals surface area contributed by atoms with Crippen molar-refractivity contribution in [2.24, 2.45) is 5.92 Å². The number of hydrogen-bond acceptors (Lipinski definition) is 7. The van der Waals surface area contributed by atoms with Gasteiger partial charge in [-0.2, -0.15) is 15.3 Å². The van der Waals surface area contributed by atoms with Gasteiger partial charge in [0.05, 0.1) is 48.9 Å². The lowest BCUT2D eigenvalue weighted by Gasteiger charge is -2.28. The Hall–Kier alpha value is -4.05. The van der Waals surface area contributed by atoms with Crippen molar-refractivity contribution in [2.45, 2.75) is 51.6 Å². The Morgan fingerprint density at radius 2 is 1.90 bits per heavy atom. The van der Waals surface area contributed by atoms with Crippen molar-refractivity contribution in [3.05, 3.63) is 70.8 Å². The lowest BCUT2D eigenvalue weighted by Crippen LogP contribution is -2.38. The molecule has 0 atom stereocenters. The van der Waals surface area contributed by atoms with E-state index in [4.69, 9.17) is 21.1 Å². The van der Waals surface area contributed by atoms with Crippen LogP contribution >= 0.6 is 11.6 Å². The molecule has 41 heavy (non-hydrogen) atoms. The van der Waals surface area contributed by atoms with Gasteiger partial charge in [0.2, 0.25) is 0 Å². The summed E-state index contributed by atoms with van der Waals surface area (Å²) in [5.74, 6) is -0.153. The normalized spacial score (nSPS) is 16.9. The van der Waals surface area contributed by atoms with Crippen LogP contribution in [0.5, 0.6) is 5.75 Å². The molecule has 1 N–H and O–H groups in total. The van der Waals surface area contributed by atoms with Crippen molar-refractivity contribution >= 4 is 34.4 Å². The Kier molecular flexibility index (Phi) is 8.78. The Morgan fingerprint density at radius 1 is 1.10 bits per heavy atom. The minimum Gasteiger partial charge on any atom is -0.497 e. The highest BCUT2D eigenvalue weighted by Crippen LogP contribution is 2.29. The quantitative estimate of drug-likeness (QED) is 0.258. The third-order valence-corrected chi connectivity index (χ3v) is 7.54. The van der Waals surface area contributed by atoms with E-state index in [1.807, 2.05) is 0 Å². The van der Waals surface area contributed by atoms with Crippen molar-refractivity contribution in [1.82, 2.24) is 25.3 Å². The second-order valence-electron chi connectivity index (χ2n) is 10.2. The summed E-state index contributed by atoms with van der Waals surface area (Å²) in [6.45, 7) is 2.46. The molecule has 0 radical (unpaired) electrons. The van der Waals surface area contributed by atoms with Crippen molar-refractivity contribution in [3.63, 3.8) is 0 Å². The van der Waals surface area contributed by atoms with Gasteiger partial charge in [-0.05, 0) is 74.9 Å². The first kappa shape index (κ1) is 28.5. The topological polar surface area (TPSA) is 108 Å². The summed E-state index contributed by atoms with van der Waals surface area (Å²) < 4.78 is 25.9. The molecule has 0 unspecified atom stereocenters. The number of esters is 1. The number of carbonyl (C=O) groups is 2. The summed E-state index contributed by atoms with van der Waals surface area (Å²) in [6.07, 6.45) is 5.37. The minimum absolute atomic E-state index is 0.00575. The monoisotopic (exact) mass is 579 g/mol. The van der Waals surface area contributed by atoms with Crippen LogP contribution in [-0.4, -0.2) is 51.6 Å². The molecular formula is C30H31ClFN5O4. The fourth-order valence-corrected chi connectivity index (χ4v) is 5.53. The molecule has 1 aliphatic rings. The SMILES string of the molecule is CCOC(=O)CC1CCC(NC(=O)c2cc(Cl)cc3cnn(Cc4ccc(-c5cc(F)cc(OC)c5)nn4)c23)CC1. The fraction of sp³-hybridized carbons (Fsp3) is 0.367. The summed E-state index contributed by atoms with van der Waals surface area (Å²) in [5, 5.41) is 17.4. The summed E-state index contributed by atoms with van der Waals surface area (Å²) >= 11 is 6.36. The highest BCUT2D eigenvalue weighted by atomic mass is 35.5. The molecule has 1 fully saturated rings. The van der Waals surface area contributed by atoms with E-state index in [9.17, 15) is 14.0 Å². The van der Waals surface area contributed by atoms with Gasteiger partial charge in [0.1, 0.15) is 11.6 Å². The van der Waals surface area contributed by atoms with Crippen LogP contribution in [0.15, 0.2) is 48.7 Å². The molecular weight excluding hydrogens is 549 g/mol. The van der Waals surface area contributed by atoms with Crippen LogP contribution in [0.1, 0.15) is 55.1 Å². The Morgan fingerprint density at radius 3 is 2.61 bits per heavy atom. The van der Waals surface area contributed by atoms with E-state index in [1.165, 1.54) is 19.2 Å². The van der Waals surface area contributed by atoms with Crippen LogP contribution in [0.25, 0.3) is 22.2 Å². The predicted octanol–water partition coefficient (Wildman–Crippen LogP) is 5.58. The van der Waals surface area contributed by atoms with Gasteiger partial charge in [0, 0.05) is 34.5 Å². The lowest BCUT2D eigenvalue weighted by atomic mass is 9.84. The molecule has 1 amide bonds. The van der Waals surface area contributed by atoms with Gasteiger partial charge in [0.25, 0.3) is 5.91 Å². The van der Waals surface area contributed by atoms with Crippen molar-refractivity contribution < 1.29 is 23.5 Å². The lowest BCUT2D eigenvalue weighted by molar-refractivity contribution is -0.144. The number of hydrogen-bond donors (Lipinski definition) is 1. The van der Waals surface area contributed by atoms with Gasteiger partial charge in [-0.15, -0.1) is 0 Å². The highest BCUT2D eigenvalue weighted by molar-refractivity contribution is 6.32. The maximum absolute atomic E-state index is 13.9. The molecule has 11 heteroatoms. The second-order valence-corrected chi connectivity index (χ2v) is 10.6. The van der Waals surface area contributed by atoms with Crippen LogP contribution in [0.2, 0.25) is 5.02 Å². The van der Waals surface area contributed by atoms with E-state index in [1.54, 1.807) is 48.1 Å². The molecule has 214 valence electrons. The average Bonchev–Trinajstić information content (AvgIpc) is 3.35. The summed E-state index contributed by atoms with van der Waals surface area (Å²) in [6, 6.07) is 11.3. The average molecular weight is 580 g/mol. The van der Waals surface area contributed by atoms with E-state index < -0.39 is 5.82 Å². The molecule has 1 saturated carbocycles. The number of amides is 1. The van der Waals surface area contributed by atoms with Gasteiger partial charge in [-0.25, -0.2) is 4.39 Å². The van der Waals surface area contributed by atoms with E-state index in [2.05, 4.69) is 20.6 Å². The molecule has 2 aromatic carbocycles. The third-order valence-electron chi connectivity index (χ3n) is 7.32. The zero-order valence-electron chi connectivity index (χ0n) is 22.9.